The van der Waals surface area contributed by atoms with Gasteiger partial charge >= 0.3 is 6.18 Å². The number of primary amides is 1. The average molecular weight is 524 g/mol. The van der Waals surface area contributed by atoms with Crippen molar-refractivity contribution in [3.63, 3.8) is 0 Å². The molecule has 4 N–H and O–H groups in total. The van der Waals surface area contributed by atoms with Crippen LogP contribution in [0, 0.1) is 0 Å². The van der Waals surface area contributed by atoms with Crippen LogP contribution in [0.5, 0.6) is 0 Å². The highest BCUT2D eigenvalue weighted by Gasteiger charge is 2.31. The van der Waals surface area contributed by atoms with Gasteiger partial charge in [-0.3, -0.25) is 9.69 Å². The molecule has 9 heteroatoms. The van der Waals surface area contributed by atoms with E-state index in [0.717, 1.165) is 54.7 Å². The van der Waals surface area contributed by atoms with Gasteiger partial charge in [-0.2, -0.15) is 13.2 Å². The van der Waals surface area contributed by atoms with Gasteiger partial charge in [0.15, 0.2) is 0 Å². The molecule has 3 heterocycles. The highest BCUT2D eigenvalue weighted by atomic mass is 19.4. The molecule has 6 nitrogen and oxygen atoms in total. The number of fused-ring (bicyclic) bond motifs is 3. The minimum absolute atomic E-state index is 0.0603. The number of hydrogen-bond donors (Lipinski definition) is 3. The summed E-state index contributed by atoms with van der Waals surface area (Å²) in [5, 5.41) is 4.47. The topological polar surface area (TPSA) is 87.0 Å². The van der Waals surface area contributed by atoms with E-state index in [4.69, 9.17) is 10.7 Å². The van der Waals surface area contributed by atoms with Crippen LogP contribution < -0.4 is 11.1 Å². The van der Waals surface area contributed by atoms with Crippen LogP contribution in [-0.4, -0.2) is 45.4 Å². The second-order valence-corrected chi connectivity index (χ2v) is 11.1. The SMILES string of the molecule is CC(C)(C)N1CCC(Nc2ccc3c(c2)[nH]c2c(CC(N)=O)cc(-c4cccc(C(F)(F)F)c4)nc23)CC1. The number of nitrogens with one attached hydrogen (secondary N) is 2. The van der Waals surface area contributed by atoms with Gasteiger partial charge in [0.1, 0.15) is 0 Å². The van der Waals surface area contributed by atoms with E-state index < -0.39 is 17.6 Å². The fourth-order valence-electron chi connectivity index (χ4n) is 5.27. The number of nitrogens with zero attached hydrogens (tertiary/aromatic N) is 2. The molecule has 0 radical (unpaired) electrons. The molecule has 0 bridgehead atoms. The van der Waals surface area contributed by atoms with Gasteiger partial charge in [0.2, 0.25) is 5.91 Å². The minimum Gasteiger partial charge on any atom is -0.382 e. The first-order valence-corrected chi connectivity index (χ1v) is 12.8. The maximum atomic E-state index is 13.3. The zero-order chi connectivity index (χ0) is 27.2. The summed E-state index contributed by atoms with van der Waals surface area (Å²) in [6, 6.07) is 13.0. The lowest BCUT2D eigenvalue weighted by atomic mass is 9.98. The third-order valence-corrected chi connectivity index (χ3v) is 7.30. The largest absolute Gasteiger partial charge is 0.416 e. The van der Waals surface area contributed by atoms with Gasteiger partial charge in [-0.15, -0.1) is 0 Å². The number of carbonyl (C=O) groups is 1. The number of anilines is 1. The number of alkyl halides is 3. The molecule has 5 rings (SSSR count). The van der Waals surface area contributed by atoms with Crippen LogP contribution in [0.25, 0.3) is 33.2 Å². The Morgan fingerprint density at radius 1 is 1.11 bits per heavy atom. The van der Waals surface area contributed by atoms with E-state index in [1.807, 2.05) is 18.2 Å². The number of aromatic nitrogens is 2. The minimum atomic E-state index is -4.47. The van der Waals surface area contributed by atoms with E-state index in [-0.39, 0.29) is 12.0 Å². The summed E-state index contributed by atoms with van der Waals surface area (Å²) in [4.78, 5) is 22.4. The fourth-order valence-corrected chi connectivity index (χ4v) is 5.27. The van der Waals surface area contributed by atoms with Crippen LogP contribution in [0.2, 0.25) is 0 Å². The highest BCUT2D eigenvalue weighted by Crippen LogP contribution is 2.35. The first-order chi connectivity index (χ1) is 17.9. The van der Waals surface area contributed by atoms with Gasteiger partial charge in [-0.25, -0.2) is 4.98 Å². The average Bonchev–Trinajstić information content (AvgIpc) is 3.21. The number of piperidine rings is 1. The maximum absolute atomic E-state index is 13.3. The van der Waals surface area contributed by atoms with Crippen LogP contribution >= 0.6 is 0 Å². The zero-order valence-corrected chi connectivity index (χ0v) is 21.7. The lowest BCUT2D eigenvalue weighted by Gasteiger charge is -2.41. The molecule has 38 heavy (non-hydrogen) atoms. The van der Waals surface area contributed by atoms with E-state index >= 15 is 0 Å². The Hall–Kier alpha value is -3.59. The number of hydrogen-bond acceptors (Lipinski definition) is 4. The smallest absolute Gasteiger partial charge is 0.382 e. The fraction of sp³-hybridized carbons (Fsp3) is 0.379. The summed E-state index contributed by atoms with van der Waals surface area (Å²) in [5.41, 5.74) is 9.25. The summed E-state index contributed by atoms with van der Waals surface area (Å²) in [6.45, 7) is 8.79. The van der Waals surface area contributed by atoms with Crippen LogP contribution in [0.15, 0.2) is 48.5 Å². The van der Waals surface area contributed by atoms with E-state index in [0.29, 0.717) is 33.9 Å². The molecule has 1 amide bonds. The number of benzene rings is 2. The third kappa shape index (κ3) is 5.34. The molecule has 0 atom stereocenters. The molecule has 1 saturated heterocycles. The number of likely N-dealkylation sites (tertiary alicyclic amines) is 1. The summed E-state index contributed by atoms with van der Waals surface area (Å²) in [5.74, 6) is -0.532. The van der Waals surface area contributed by atoms with Crippen LogP contribution in [0.4, 0.5) is 18.9 Å². The molecule has 0 spiro atoms. The molecule has 0 saturated carbocycles. The quantitative estimate of drug-likeness (QED) is 0.295. The van der Waals surface area contributed by atoms with Crippen LogP contribution in [0.3, 0.4) is 0 Å². The number of halogens is 3. The first kappa shape index (κ1) is 26.0. The summed E-state index contributed by atoms with van der Waals surface area (Å²) in [6.07, 6.45) is -2.43. The molecule has 4 aromatic rings. The number of pyridine rings is 1. The summed E-state index contributed by atoms with van der Waals surface area (Å²) in [7, 11) is 0. The van der Waals surface area contributed by atoms with Crippen molar-refractivity contribution in [3.05, 3.63) is 59.7 Å². The molecule has 0 unspecified atom stereocenters. The molecule has 200 valence electrons. The molecule has 1 fully saturated rings. The number of H-pyrrole nitrogens is 1. The van der Waals surface area contributed by atoms with Crippen molar-refractivity contribution in [2.45, 2.75) is 57.8 Å². The molecule has 2 aromatic carbocycles. The Morgan fingerprint density at radius 2 is 1.84 bits per heavy atom. The van der Waals surface area contributed by atoms with E-state index in [1.54, 1.807) is 12.1 Å². The number of amides is 1. The van der Waals surface area contributed by atoms with Crippen molar-refractivity contribution >= 4 is 33.5 Å². The maximum Gasteiger partial charge on any atom is 0.416 e. The van der Waals surface area contributed by atoms with Gasteiger partial charge in [0.05, 0.1) is 34.2 Å². The highest BCUT2D eigenvalue weighted by molar-refractivity contribution is 6.08. The standard InChI is InChI=1S/C29H32F3N5O/c1-28(2,3)37-11-9-20(10-12-37)34-21-7-8-22-24(16-21)36-26-18(15-25(33)38)14-23(35-27(22)26)17-5-4-6-19(13-17)29(30,31)32/h4-8,13-14,16,20,34,36H,9-12,15H2,1-3H3,(H2,33,38). The number of aromatic amines is 1. The van der Waals surface area contributed by atoms with Crippen LogP contribution in [-0.2, 0) is 17.4 Å². The molecule has 1 aliphatic rings. The van der Waals surface area contributed by atoms with Gasteiger partial charge < -0.3 is 16.0 Å². The van der Waals surface area contributed by atoms with Crippen molar-refractivity contribution in [1.82, 2.24) is 14.9 Å². The normalized spacial score (nSPS) is 15.8. The third-order valence-electron chi connectivity index (χ3n) is 7.30. The van der Waals surface area contributed by atoms with E-state index in [9.17, 15) is 18.0 Å². The molecule has 1 aliphatic heterocycles. The molecule has 2 aromatic heterocycles. The zero-order valence-electron chi connectivity index (χ0n) is 21.7. The van der Waals surface area contributed by atoms with E-state index in [2.05, 4.69) is 36.0 Å². The van der Waals surface area contributed by atoms with Crippen molar-refractivity contribution in [2.75, 3.05) is 18.4 Å². The van der Waals surface area contributed by atoms with Crippen molar-refractivity contribution in [3.8, 4) is 11.3 Å². The van der Waals surface area contributed by atoms with Crippen molar-refractivity contribution < 1.29 is 18.0 Å². The van der Waals surface area contributed by atoms with Gasteiger partial charge in [0, 0.05) is 41.3 Å². The lowest BCUT2D eigenvalue weighted by Crippen LogP contribution is -2.48. The number of rotatable bonds is 5. The monoisotopic (exact) mass is 523 g/mol. The molecular weight excluding hydrogens is 491 g/mol. The molecular formula is C29H32F3N5O. The Kier molecular flexibility index (Phi) is 6.59. The predicted octanol–water partition coefficient (Wildman–Crippen LogP) is 6.10. The molecule has 0 aliphatic carbocycles. The summed E-state index contributed by atoms with van der Waals surface area (Å²) >= 11 is 0. The predicted molar refractivity (Wildman–Crippen MR) is 145 cm³/mol. The Balaban J connectivity index is 1.50. The Morgan fingerprint density at radius 3 is 2.50 bits per heavy atom. The van der Waals surface area contributed by atoms with E-state index in [1.165, 1.54) is 6.07 Å². The first-order valence-electron chi connectivity index (χ1n) is 12.8. The van der Waals surface area contributed by atoms with Gasteiger partial charge in [0.25, 0.3) is 0 Å². The second kappa shape index (κ2) is 9.62. The van der Waals surface area contributed by atoms with Crippen molar-refractivity contribution in [1.29, 1.82) is 0 Å². The lowest BCUT2D eigenvalue weighted by molar-refractivity contribution is -0.137. The number of carbonyl (C=O) groups excluding carboxylic acids is 1. The Labute approximate surface area is 219 Å². The van der Waals surface area contributed by atoms with Gasteiger partial charge in [-0.05, 0) is 75.6 Å². The number of nitrogens with two attached hydrogens (primary N) is 1. The summed E-state index contributed by atoms with van der Waals surface area (Å²) < 4.78 is 40.0. The van der Waals surface area contributed by atoms with Crippen LogP contribution in [0.1, 0.15) is 44.7 Å². The second-order valence-electron chi connectivity index (χ2n) is 11.1. The van der Waals surface area contributed by atoms with Gasteiger partial charge in [-0.1, -0.05) is 12.1 Å². The Bertz CT molecular complexity index is 1490. The van der Waals surface area contributed by atoms with Crippen molar-refractivity contribution in [2.24, 2.45) is 5.73 Å².